The van der Waals surface area contributed by atoms with Gasteiger partial charge in [0.25, 0.3) is 5.91 Å². The van der Waals surface area contributed by atoms with Crippen LogP contribution in [0.5, 0.6) is 0 Å². The molecule has 0 saturated carbocycles. The van der Waals surface area contributed by atoms with Gasteiger partial charge in [-0.25, -0.2) is 17.1 Å². The number of hydrogen-bond acceptors (Lipinski definition) is 5. The Kier molecular flexibility index (Phi) is 8.70. The fraction of sp³-hybridized carbons (Fsp3) is 0.364. The van der Waals surface area contributed by atoms with E-state index in [4.69, 9.17) is 4.74 Å². The fourth-order valence-electron chi connectivity index (χ4n) is 2.73. The molecule has 0 spiro atoms. The zero-order chi connectivity index (χ0) is 23.0. The van der Waals surface area contributed by atoms with Crippen LogP contribution in [0.15, 0.2) is 53.4 Å². The molecule has 0 heterocycles. The van der Waals surface area contributed by atoms with Crippen LogP contribution in [0.1, 0.15) is 32.3 Å². The first-order chi connectivity index (χ1) is 14.6. The molecule has 31 heavy (non-hydrogen) atoms. The van der Waals surface area contributed by atoms with E-state index in [1.54, 1.807) is 12.1 Å². The number of halogens is 1. The predicted octanol–water partition coefficient (Wildman–Crippen LogP) is 3.36. The van der Waals surface area contributed by atoms with Crippen LogP contribution >= 0.6 is 0 Å². The van der Waals surface area contributed by atoms with Crippen LogP contribution in [-0.2, 0) is 30.8 Å². The summed E-state index contributed by atoms with van der Waals surface area (Å²) in [6.45, 7) is 3.57. The smallest absolute Gasteiger partial charge is 0.306 e. The Morgan fingerprint density at radius 1 is 1.10 bits per heavy atom. The maximum atomic E-state index is 13.0. The molecule has 2 rings (SSSR count). The second kappa shape index (κ2) is 11.0. The van der Waals surface area contributed by atoms with Gasteiger partial charge in [-0.15, -0.1) is 0 Å². The first-order valence-corrected chi connectivity index (χ1v) is 11.4. The van der Waals surface area contributed by atoms with Gasteiger partial charge >= 0.3 is 5.97 Å². The lowest BCUT2D eigenvalue weighted by molar-refractivity contribution is -0.153. The fourth-order valence-corrected chi connectivity index (χ4v) is 3.94. The number of ether oxygens (including phenoxy) is 1. The van der Waals surface area contributed by atoms with Crippen molar-refractivity contribution in [3.8, 4) is 0 Å². The van der Waals surface area contributed by atoms with Crippen molar-refractivity contribution >= 4 is 27.6 Å². The van der Waals surface area contributed by atoms with Crippen LogP contribution in [0.3, 0.4) is 0 Å². The predicted molar refractivity (Wildman–Crippen MR) is 115 cm³/mol. The molecule has 2 aromatic rings. The second-order valence-corrected chi connectivity index (χ2v) is 9.10. The number of sulfonamides is 1. The molecule has 0 aliphatic carbocycles. The molecule has 0 aliphatic rings. The van der Waals surface area contributed by atoms with Gasteiger partial charge in [-0.05, 0) is 61.7 Å². The number of hydrogen-bond donors (Lipinski definition) is 1. The summed E-state index contributed by atoms with van der Waals surface area (Å²) in [5.41, 5.74) is 1.75. The van der Waals surface area contributed by atoms with E-state index in [0.717, 1.165) is 28.4 Å². The van der Waals surface area contributed by atoms with Crippen molar-refractivity contribution in [1.29, 1.82) is 0 Å². The van der Waals surface area contributed by atoms with Gasteiger partial charge in [0.05, 0.1) is 4.90 Å². The summed E-state index contributed by atoms with van der Waals surface area (Å²) in [4.78, 5) is 24.2. The standard InChI is InChI=1S/C22H27FN2O5S/c1-4-17-7-11-19(12-8-17)24-22(27)16(2)30-21(26)6-5-15-25(3)31(28,29)20-13-9-18(23)10-14-20/h7-14,16H,4-6,15H2,1-3H3,(H,24,27). The number of aryl methyl sites for hydroxylation is 1. The number of carbonyl (C=O) groups excluding carboxylic acids is 2. The molecule has 1 amide bonds. The number of benzene rings is 2. The summed E-state index contributed by atoms with van der Waals surface area (Å²) >= 11 is 0. The largest absolute Gasteiger partial charge is 0.453 e. The SMILES string of the molecule is CCc1ccc(NC(=O)C(C)OC(=O)CCCN(C)S(=O)(=O)c2ccc(F)cc2)cc1. The Morgan fingerprint density at radius 3 is 2.29 bits per heavy atom. The number of anilines is 1. The lowest BCUT2D eigenvalue weighted by Gasteiger charge is -2.17. The first-order valence-electron chi connectivity index (χ1n) is 9.94. The third-order valence-corrected chi connectivity index (χ3v) is 6.55. The van der Waals surface area contributed by atoms with Gasteiger partial charge in [-0.2, -0.15) is 0 Å². The Bertz CT molecular complexity index is 992. The molecule has 0 saturated heterocycles. The summed E-state index contributed by atoms with van der Waals surface area (Å²) < 4.78 is 44.1. The van der Waals surface area contributed by atoms with E-state index in [0.29, 0.717) is 5.69 Å². The summed E-state index contributed by atoms with van der Waals surface area (Å²) in [5, 5.41) is 2.68. The highest BCUT2D eigenvalue weighted by Crippen LogP contribution is 2.16. The zero-order valence-corrected chi connectivity index (χ0v) is 18.6. The molecule has 9 heteroatoms. The van der Waals surface area contributed by atoms with Crippen molar-refractivity contribution < 1.29 is 27.1 Å². The van der Waals surface area contributed by atoms with Crippen LogP contribution < -0.4 is 5.32 Å². The third-order valence-electron chi connectivity index (χ3n) is 4.68. The van der Waals surface area contributed by atoms with Gasteiger partial charge in [0.1, 0.15) is 5.82 Å². The summed E-state index contributed by atoms with van der Waals surface area (Å²) in [7, 11) is -2.40. The minimum atomic E-state index is -3.78. The number of esters is 1. The number of rotatable bonds is 10. The molecule has 0 aliphatic heterocycles. The number of amides is 1. The molecular weight excluding hydrogens is 423 g/mol. The maximum absolute atomic E-state index is 13.0. The zero-order valence-electron chi connectivity index (χ0n) is 17.8. The van der Waals surface area contributed by atoms with Gasteiger partial charge in [0.15, 0.2) is 6.10 Å². The number of nitrogens with one attached hydrogen (secondary N) is 1. The van der Waals surface area contributed by atoms with Crippen LogP contribution in [-0.4, -0.2) is 44.3 Å². The average molecular weight is 451 g/mol. The van der Waals surface area contributed by atoms with E-state index in [-0.39, 0.29) is 24.3 Å². The van der Waals surface area contributed by atoms with Crippen molar-refractivity contribution in [2.75, 3.05) is 18.9 Å². The minimum Gasteiger partial charge on any atom is -0.453 e. The minimum absolute atomic E-state index is 0.0313. The molecule has 1 unspecified atom stereocenters. The lowest BCUT2D eigenvalue weighted by atomic mass is 10.1. The van der Waals surface area contributed by atoms with Crippen LogP contribution in [0.4, 0.5) is 10.1 Å². The van der Waals surface area contributed by atoms with Gasteiger partial charge in [0.2, 0.25) is 10.0 Å². The van der Waals surface area contributed by atoms with Gasteiger partial charge in [-0.3, -0.25) is 9.59 Å². The van der Waals surface area contributed by atoms with E-state index >= 15 is 0 Å². The topological polar surface area (TPSA) is 92.8 Å². The van der Waals surface area contributed by atoms with E-state index in [1.807, 2.05) is 19.1 Å². The summed E-state index contributed by atoms with van der Waals surface area (Å²) in [6.07, 6.45) is 0.0659. The third kappa shape index (κ3) is 7.15. The average Bonchev–Trinajstić information content (AvgIpc) is 2.74. The Hall–Kier alpha value is -2.78. The van der Waals surface area contributed by atoms with Gasteiger partial charge in [-0.1, -0.05) is 19.1 Å². The Labute approximate surface area is 182 Å². The summed E-state index contributed by atoms with van der Waals surface area (Å²) in [6, 6.07) is 11.9. The second-order valence-electron chi connectivity index (χ2n) is 7.06. The quantitative estimate of drug-likeness (QED) is 0.561. The molecular formula is C22H27FN2O5S. The molecule has 168 valence electrons. The molecule has 0 aromatic heterocycles. The molecule has 1 N–H and O–H groups in total. The van der Waals surface area contributed by atoms with Crippen LogP contribution in [0, 0.1) is 5.82 Å². The Morgan fingerprint density at radius 2 is 1.71 bits per heavy atom. The molecule has 0 radical (unpaired) electrons. The van der Waals surface area contributed by atoms with Gasteiger partial charge in [0, 0.05) is 25.7 Å². The monoisotopic (exact) mass is 450 g/mol. The Balaban J connectivity index is 1.78. The maximum Gasteiger partial charge on any atom is 0.306 e. The first kappa shape index (κ1) is 24.5. The summed E-state index contributed by atoms with van der Waals surface area (Å²) in [5.74, 6) is -1.58. The normalized spacial score (nSPS) is 12.4. The highest BCUT2D eigenvalue weighted by atomic mass is 32.2. The molecule has 2 aromatic carbocycles. The molecule has 1 atom stereocenters. The van der Waals surface area contributed by atoms with Crippen molar-refractivity contribution in [3.05, 3.63) is 59.9 Å². The van der Waals surface area contributed by atoms with E-state index < -0.39 is 33.8 Å². The number of carbonyl (C=O) groups is 2. The van der Waals surface area contributed by atoms with E-state index in [2.05, 4.69) is 5.32 Å². The van der Waals surface area contributed by atoms with Crippen molar-refractivity contribution in [2.45, 2.75) is 44.1 Å². The van der Waals surface area contributed by atoms with Gasteiger partial charge < -0.3 is 10.1 Å². The van der Waals surface area contributed by atoms with Crippen LogP contribution in [0.25, 0.3) is 0 Å². The van der Waals surface area contributed by atoms with Crippen LogP contribution in [0.2, 0.25) is 0 Å². The lowest BCUT2D eigenvalue weighted by Crippen LogP contribution is -2.31. The van der Waals surface area contributed by atoms with E-state index in [1.165, 1.54) is 26.1 Å². The highest BCUT2D eigenvalue weighted by Gasteiger charge is 2.22. The van der Waals surface area contributed by atoms with Crippen molar-refractivity contribution in [1.82, 2.24) is 4.31 Å². The number of nitrogens with zero attached hydrogens (tertiary/aromatic N) is 1. The molecule has 7 nitrogen and oxygen atoms in total. The molecule has 0 fully saturated rings. The van der Waals surface area contributed by atoms with Crippen molar-refractivity contribution in [2.24, 2.45) is 0 Å². The highest BCUT2D eigenvalue weighted by molar-refractivity contribution is 7.89. The van der Waals surface area contributed by atoms with Crippen molar-refractivity contribution in [3.63, 3.8) is 0 Å². The molecule has 0 bridgehead atoms. The van der Waals surface area contributed by atoms with E-state index in [9.17, 15) is 22.4 Å².